The van der Waals surface area contributed by atoms with Crippen LogP contribution in [0.5, 0.6) is 11.5 Å². The fraction of sp³-hybridized carbons (Fsp3) is 0.258. The summed E-state index contributed by atoms with van der Waals surface area (Å²) in [5, 5.41) is 16.9. The summed E-state index contributed by atoms with van der Waals surface area (Å²) >= 11 is 0. The summed E-state index contributed by atoms with van der Waals surface area (Å²) in [6.07, 6.45) is 3.88. The number of nitrogens with zero attached hydrogens (tertiary/aromatic N) is 4. The number of carbonyl (C=O) groups is 1. The first-order valence-electron chi connectivity index (χ1n) is 13.3. The van der Waals surface area contributed by atoms with Crippen molar-refractivity contribution in [2.45, 2.75) is 26.4 Å². The maximum absolute atomic E-state index is 13.6. The number of hydrogen-bond acceptors (Lipinski definition) is 6. The lowest BCUT2D eigenvalue weighted by atomic mass is 10.0. The van der Waals surface area contributed by atoms with E-state index in [1.54, 1.807) is 14.2 Å². The minimum atomic E-state index is -0.235. The minimum absolute atomic E-state index is 0.235. The molecule has 1 amide bonds. The zero-order valence-corrected chi connectivity index (χ0v) is 23.1. The van der Waals surface area contributed by atoms with E-state index in [1.165, 1.54) is 0 Å². The molecule has 0 saturated carbocycles. The van der Waals surface area contributed by atoms with Crippen molar-refractivity contribution in [2.75, 3.05) is 32.6 Å². The van der Waals surface area contributed by atoms with E-state index in [-0.39, 0.29) is 5.91 Å². The Hall–Kier alpha value is -4.63. The van der Waals surface area contributed by atoms with Gasteiger partial charge >= 0.3 is 0 Å². The predicted octanol–water partition coefficient (Wildman–Crippen LogP) is 4.98. The Morgan fingerprint density at radius 1 is 1.05 bits per heavy atom. The number of rotatable bonds is 8. The first kappa shape index (κ1) is 25.6. The number of aromatic nitrogens is 4. The van der Waals surface area contributed by atoms with E-state index >= 15 is 0 Å². The summed E-state index contributed by atoms with van der Waals surface area (Å²) < 4.78 is 15.0. The number of anilines is 1. The largest absolute Gasteiger partial charge is 0.497 e. The number of ether oxygens (including phenoxy) is 2. The van der Waals surface area contributed by atoms with Gasteiger partial charge in [-0.05, 0) is 48.7 Å². The molecule has 3 aromatic carbocycles. The number of fused-ring (bicyclic) bond motifs is 1. The summed E-state index contributed by atoms with van der Waals surface area (Å²) in [6.45, 7) is 6.30. The number of aryl methyl sites for hydroxylation is 2. The molecule has 1 aliphatic heterocycles. The third-order valence-corrected chi connectivity index (χ3v) is 7.54. The zero-order valence-electron chi connectivity index (χ0n) is 23.1. The smallest absolute Gasteiger partial charge is 0.259 e. The molecule has 0 aliphatic carbocycles. The third-order valence-electron chi connectivity index (χ3n) is 7.54. The number of benzene rings is 3. The summed E-state index contributed by atoms with van der Waals surface area (Å²) in [4.78, 5) is 13.6. The third kappa shape index (κ3) is 4.69. The van der Waals surface area contributed by atoms with Crippen LogP contribution in [0.15, 0.2) is 67.0 Å². The van der Waals surface area contributed by atoms with Crippen LogP contribution in [0.3, 0.4) is 0 Å². The van der Waals surface area contributed by atoms with Crippen molar-refractivity contribution < 1.29 is 14.3 Å². The van der Waals surface area contributed by atoms with Crippen molar-refractivity contribution in [3.63, 3.8) is 0 Å². The van der Waals surface area contributed by atoms with E-state index < -0.39 is 0 Å². The van der Waals surface area contributed by atoms with Gasteiger partial charge < -0.3 is 20.1 Å². The van der Waals surface area contributed by atoms with Crippen molar-refractivity contribution in [2.24, 2.45) is 0 Å². The molecule has 0 bridgehead atoms. The van der Waals surface area contributed by atoms with Gasteiger partial charge in [-0.15, -0.1) is 0 Å². The molecule has 2 N–H and O–H groups in total. The average Bonchev–Trinajstić information content (AvgIpc) is 3.54. The van der Waals surface area contributed by atoms with Crippen LogP contribution < -0.4 is 20.1 Å². The summed E-state index contributed by atoms with van der Waals surface area (Å²) in [7, 11) is 3.24. The second kappa shape index (κ2) is 10.5. The van der Waals surface area contributed by atoms with Crippen LogP contribution >= 0.6 is 0 Å². The molecule has 3 heterocycles. The zero-order chi connectivity index (χ0) is 27.8. The van der Waals surface area contributed by atoms with Crippen LogP contribution in [-0.4, -0.2) is 52.8 Å². The van der Waals surface area contributed by atoms with Crippen LogP contribution in [0.25, 0.3) is 22.2 Å². The van der Waals surface area contributed by atoms with Crippen LogP contribution in [0.2, 0.25) is 0 Å². The number of amides is 1. The van der Waals surface area contributed by atoms with E-state index in [4.69, 9.17) is 14.6 Å². The Labute approximate surface area is 232 Å². The molecule has 6 rings (SSSR count). The van der Waals surface area contributed by atoms with Gasteiger partial charge in [0.15, 0.2) is 0 Å². The lowest BCUT2D eigenvalue weighted by Crippen LogP contribution is -2.43. The number of nitrogens with one attached hydrogen (secondary N) is 2. The molecule has 9 heteroatoms. The fourth-order valence-corrected chi connectivity index (χ4v) is 5.10. The quantitative estimate of drug-likeness (QED) is 0.291. The standard InChI is InChI=1S/C31H32N6O3/c1-19-6-5-7-20(2)29(19)34-31(38)26-12-25-27(13-28(26)40-4)37(17-21-8-10-24(39-3)11-9-21)35-30(25)22-14-33-36(18-22)23-15-32-16-23/h5-14,18,23,32H,15-17H2,1-4H3,(H,34,38). The first-order valence-corrected chi connectivity index (χ1v) is 13.3. The van der Waals surface area contributed by atoms with E-state index in [1.807, 2.05) is 90.2 Å². The van der Waals surface area contributed by atoms with E-state index in [0.717, 1.165) is 63.4 Å². The lowest BCUT2D eigenvalue weighted by molar-refractivity contribution is 0.102. The van der Waals surface area contributed by atoms with Gasteiger partial charge in [-0.3, -0.25) is 14.2 Å². The van der Waals surface area contributed by atoms with Gasteiger partial charge in [-0.25, -0.2) is 0 Å². The van der Waals surface area contributed by atoms with Gasteiger partial charge in [0.2, 0.25) is 0 Å². The molecule has 1 saturated heterocycles. The van der Waals surface area contributed by atoms with Gasteiger partial charge in [0, 0.05) is 42.0 Å². The Morgan fingerprint density at radius 3 is 2.45 bits per heavy atom. The Kier molecular flexibility index (Phi) is 6.73. The van der Waals surface area contributed by atoms with Crippen molar-refractivity contribution in [3.8, 4) is 22.8 Å². The average molecular weight is 537 g/mol. The topological polar surface area (TPSA) is 95.2 Å². The van der Waals surface area contributed by atoms with E-state index in [2.05, 4.69) is 15.7 Å². The van der Waals surface area contributed by atoms with Crippen LogP contribution in [-0.2, 0) is 6.54 Å². The molecule has 1 aliphatic rings. The van der Waals surface area contributed by atoms with Crippen LogP contribution in [0.4, 0.5) is 5.69 Å². The molecule has 2 aromatic heterocycles. The fourth-order valence-electron chi connectivity index (χ4n) is 5.10. The van der Waals surface area contributed by atoms with Gasteiger partial charge in [-0.1, -0.05) is 30.3 Å². The highest BCUT2D eigenvalue weighted by atomic mass is 16.5. The molecule has 0 spiro atoms. The Balaban J connectivity index is 1.45. The molecular weight excluding hydrogens is 504 g/mol. The maximum atomic E-state index is 13.6. The number of methoxy groups -OCH3 is 2. The summed E-state index contributed by atoms with van der Waals surface area (Å²) in [5.74, 6) is 1.05. The monoisotopic (exact) mass is 536 g/mol. The van der Waals surface area contributed by atoms with Crippen LogP contribution in [0, 0.1) is 13.8 Å². The van der Waals surface area contributed by atoms with E-state index in [9.17, 15) is 4.79 Å². The van der Waals surface area contributed by atoms with Gasteiger partial charge in [0.05, 0.1) is 44.1 Å². The molecular formula is C31H32N6O3. The molecule has 40 heavy (non-hydrogen) atoms. The molecule has 204 valence electrons. The van der Waals surface area contributed by atoms with Gasteiger partial charge in [-0.2, -0.15) is 10.2 Å². The highest BCUT2D eigenvalue weighted by molar-refractivity contribution is 6.10. The normalized spacial score (nSPS) is 13.3. The maximum Gasteiger partial charge on any atom is 0.259 e. The molecule has 0 radical (unpaired) electrons. The minimum Gasteiger partial charge on any atom is -0.497 e. The highest BCUT2D eigenvalue weighted by Gasteiger charge is 2.24. The molecule has 0 atom stereocenters. The summed E-state index contributed by atoms with van der Waals surface area (Å²) in [6, 6.07) is 18.0. The van der Waals surface area contributed by atoms with E-state index in [0.29, 0.717) is 23.9 Å². The second-order valence-corrected chi connectivity index (χ2v) is 10.2. The van der Waals surface area contributed by atoms with Crippen LogP contribution in [0.1, 0.15) is 33.1 Å². The first-order chi connectivity index (χ1) is 19.4. The van der Waals surface area contributed by atoms with Gasteiger partial charge in [0.1, 0.15) is 17.2 Å². The SMILES string of the molecule is COc1ccc(Cn2nc(-c3cnn(C4CNC4)c3)c3cc(C(=O)Nc4c(C)cccc4C)c(OC)cc32)cc1. The number of hydrogen-bond donors (Lipinski definition) is 2. The predicted molar refractivity (Wildman–Crippen MR) is 155 cm³/mol. The Bertz CT molecular complexity index is 1680. The molecule has 5 aromatic rings. The van der Waals surface area contributed by atoms with Crippen molar-refractivity contribution >= 4 is 22.5 Å². The summed E-state index contributed by atoms with van der Waals surface area (Å²) in [5.41, 5.74) is 6.85. The molecule has 1 fully saturated rings. The van der Waals surface area contributed by atoms with Gasteiger partial charge in [0.25, 0.3) is 5.91 Å². The molecule has 9 nitrogen and oxygen atoms in total. The van der Waals surface area contributed by atoms with Crippen molar-refractivity contribution in [3.05, 3.63) is 89.2 Å². The number of para-hydroxylation sites is 1. The second-order valence-electron chi connectivity index (χ2n) is 10.2. The molecule has 0 unspecified atom stereocenters. The lowest BCUT2D eigenvalue weighted by Gasteiger charge is -2.27. The Morgan fingerprint density at radius 2 is 1.80 bits per heavy atom. The van der Waals surface area contributed by atoms with Crippen molar-refractivity contribution in [1.82, 2.24) is 24.9 Å². The number of carbonyl (C=O) groups excluding carboxylic acids is 1. The highest BCUT2D eigenvalue weighted by Crippen LogP contribution is 2.35. The van der Waals surface area contributed by atoms with Crippen molar-refractivity contribution in [1.29, 1.82) is 0 Å².